The third kappa shape index (κ3) is 4.13. The smallest absolute Gasteiger partial charge is 0.409 e. The average Bonchev–Trinajstić information content (AvgIpc) is 3.42. The summed E-state index contributed by atoms with van der Waals surface area (Å²) in [7, 11) is 0. The van der Waals surface area contributed by atoms with Gasteiger partial charge in [0.25, 0.3) is 5.91 Å². The fraction of sp³-hybridized carbons (Fsp3) is 0.579. The van der Waals surface area contributed by atoms with Crippen LogP contribution in [0.3, 0.4) is 0 Å². The first-order chi connectivity index (χ1) is 14.1. The van der Waals surface area contributed by atoms with Gasteiger partial charge in [-0.25, -0.2) is 14.8 Å². The Labute approximate surface area is 178 Å². The van der Waals surface area contributed by atoms with Crippen molar-refractivity contribution in [2.75, 3.05) is 57.0 Å². The van der Waals surface area contributed by atoms with Crippen LogP contribution in [0, 0.1) is 0 Å². The molecule has 0 spiro atoms. The van der Waals surface area contributed by atoms with Crippen molar-refractivity contribution in [3.05, 3.63) is 10.9 Å². The number of ether oxygens (including phenoxy) is 1. The van der Waals surface area contributed by atoms with E-state index in [1.165, 1.54) is 35.9 Å². The van der Waals surface area contributed by atoms with E-state index in [2.05, 4.69) is 9.88 Å². The molecule has 156 valence electrons. The molecule has 4 heterocycles. The fourth-order valence-corrected chi connectivity index (χ4v) is 5.13. The third-order valence-electron chi connectivity index (χ3n) is 5.24. The van der Waals surface area contributed by atoms with Gasteiger partial charge in [-0.1, -0.05) is 11.8 Å². The summed E-state index contributed by atoms with van der Waals surface area (Å²) in [6, 6.07) is 1.94. The molecule has 10 heteroatoms. The maximum absolute atomic E-state index is 13.1. The summed E-state index contributed by atoms with van der Waals surface area (Å²) in [5.74, 6) is 0.939. The topological polar surface area (TPSA) is 78.9 Å². The van der Waals surface area contributed by atoms with Gasteiger partial charge in [-0.05, 0) is 32.1 Å². The van der Waals surface area contributed by atoms with E-state index in [1.54, 1.807) is 16.7 Å². The molecule has 2 aliphatic rings. The number of carbonyl (C=O) groups is 2. The number of piperazine rings is 1. The lowest BCUT2D eigenvalue weighted by Crippen LogP contribution is -2.50. The Bertz CT molecular complexity index is 905. The lowest BCUT2D eigenvalue weighted by Gasteiger charge is -2.33. The van der Waals surface area contributed by atoms with Crippen LogP contribution < -0.4 is 4.90 Å². The summed E-state index contributed by atoms with van der Waals surface area (Å²) in [6.07, 6.45) is 4.00. The van der Waals surface area contributed by atoms with E-state index in [0.717, 1.165) is 34.3 Å². The maximum Gasteiger partial charge on any atom is 0.409 e. The molecule has 2 aliphatic heterocycles. The second-order valence-electron chi connectivity index (χ2n) is 7.04. The number of rotatable bonds is 4. The van der Waals surface area contributed by atoms with Gasteiger partial charge in [-0.3, -0.25) is 4.79 Å². The van der Waals surface area contributed by atoms with Crippen LogP contribution in [0.2, 0.25) is 0 Å². The van der Waals surface area contributed by atoms with Gasteiger partial charge in [0.1, 0.15) is 10.6 Å². The zero-order valence-electron chi connectivity index (χ0n) is 16.7. The quantitative estimate of drug-likeness (QED) is 0.540. The Morgan fingerprint density at radius 2 is 1.79 bits per heavy atom. The molecule has 0 aromatic carbocycles. The number of hydrogen-bond acceptors (Lipinski definition) is 8. The molecule has 0 atom stereocenters. The van der Waals surface area contributed by atoms with Gasteiger partial charge in [0.2, 0.25) is 0 Å². The summed E-state index contributed by atoms with van der Waals surface area (Å²) in [5.41, 5.74) is 0. The Hall–Kier alpha value is -2.07. The zero-order chi connectivity index (χ0) is 20.4. The molecule has 2 saturated heterocycles. The first-order valence-electron chi connectivity index (χ1n) is 9.92. The Morgan fingerprint density at radius 3 is 2.45 bits per heavy atom. The first-order valence-corrected chi connectivity index (χ1v) is 12.0. The van der Waals surface area contributed by atoms with Gasteiger partial charge in [0, 0.05) is 39.3 Å². The second-order valence-corrected chi connectivity index (χ2v) is 8.84. The van der Waals surface area contributed by atoms with Crippen molar-refractivity contribution < 1.29 is 14.3 Å². The minimum Gasteiger partial charge on any atom is -0.450 e. The summed E-state index contributed by atoms with van der Waals surface area (Å²) in [4.78, 5) is 41.6. The molecular formula is C19H25N5O3S2. The Morgan fingerprint density at radius 1 is 1.10 bits per heavy atom. The van der Waals surface area contributed by atoms with E-state index in [4.69, 9.17) is 9.72 Å². The Balaban J connectivity index is 1.54. The molecule has 0 bridgehead atoms. The van der Waals surface area contributed by atoms with E-state index in [-0.39, 0.29) is 12.0 Å². The standard InChI is InChI=1S/C19H25N5O3S2/c1-3-27-19(26)24-10-8-23(9-11-24)17(25)14-12-13-15(22-6-4-5-7-22)20-18(28-2)21-16(13)29-14/h12H,3-11H2,1-2H3. The minimum atomic E-state index is -0.309. The van der Waals surface area contributed by atoms with Crippen molar-refractivity contribution in [3.8, 4) is 0 Å². The van der Waals surface area contributed by atoms with Crippen LogP contribution in [0.25, 0.3) is 10.2 Å². The number of carbonyl (C=O) groups excluding carboxylic acids is 2. The molecule has 2 aromatic heterocycles. The number of hydrogen-bond donors (Lipinski definition) is 0. The van der Waals surface area contributed by atoms with Gasteiger partial charge < -0.3 is 19.4 Å². The van der Waals surface area contributed by atoms with Crippen molar-refractivity contribution in [1.82, 2.24) is 19.8 Å². The van der Waals surface area contributed by atoms with Crippen LogP contribution in [0.1, 0.15) is 29.4 Å². The highest BCUT2D eigenvalue weighted by Crippen LogP contribution is 2.34. The highest BCUT2D eigenvalue weighted by Gasteiger charge is 2.28. The summed E-state index contributed by atoms with van der Waals surface area (Å²) in [6.45, 7) is 6.14. The number of fused-ring (bicyclic) bond motifs is 1. The molecule has 4 rings (SSSR count). The molecule has 2 amide bonds. The van der Waals surface area contributed by atoms with E-state index in [1.807, 2.05) is 12.3 Å². The van der Waals surface area contributed by atoms with Gasteiger partial charge in [0.05, 0.1) is 16.9 Å². The molecular weight excluding hydrogens is 410 g/mol. The minimum absolute atomic E-state index is 0.00502. The number of nitrogens with zero attached hydrogens (tertiary/aromatic N) is 5. The summed E-state index contributed by atoms with van der Waals surface area (Å²) >= 11 is 2.95. The molecule has 29 heavy (non-hydrogen) atoms. The van der Waals surface area contributed by atoms with Crippen LogP contribution in [-0.2, 0) is 4.74 Å². The van der Waals surface area contributed by atoms with E-state index < -0.39 is 0 Å². The number of amides is 2. The summed E-state index contributed by atoms with van der Waals surface area (Å²) < 4.78 is 5.05. The maximum atomic E-state index is 13.1. The SMILES string of the molecule is CCOC(=O)N1CCN(C(=O)c2cc3c(N4CCCC4)nc(SC)nc3s2)CC1. The highest BCUT2D eigenvalue weighted by molar-refractivity contribution is 7.98. The van der Waals surface area contributed by atoms with Crippen LogP contribution in [0.5, 0.6) is 0 Å². The molecule has 8 nitrogen and oxygen atoms in total. The number of aromatic nitrogens is 2. The Kier molecular flexibility index (Phi) is 6.09. The normalized spacial score (nSPS) is 17.2. The van der Waals surface area contributed by atoms with Crippen molar-refractivity contribution in [1.29, 1.82) is 0 Å². The molecule has 0 radical (unpaired) electrons. The van der Waals surface area contributed by atoms with Crippen LogP contribution in [0.4, 0.5) is 10.6 Å². The lowest BCUT2D eigenvalue weighted by molar-refractivity contribution is 0.0574. The van der Waals surface area contributed by atoms with E-state index in [0.29, 0.717) is 37.7 Å². The second kappa shape index (κ2) is 8.74. The van der Waals surface area contributed by atoms with Crippen molar-refractivity contribution in [3.63, 3.8) is 0 Å². The number of thioether (sulfide) groups is 1. The van der Waals surface area contributed by atoms with Gasteiger partial charge >= 0.3 is 6.09 Å². The van der Waals surface area contributed by atoms with Crippen LogP contribution in [-0.4, -0.2) is 83.9 Å². The first kappa shape index (κ1) is 20.2. The number of thiophene rings is 1. The van der Waals surface area contributed by atoms with E-state index in [9.17, 15) is 9.59 Å². The molecule has 0 aliphatic carbocycles. The van der Waals surface area contributed by atoms with Gasteiger partial charge in [-0.2, -0.15) is 0 Å². The van der Waals surface area contributed by atoms with Gasteiger partial charge in [0.15, 0.2) is 5.16 Å². The third-order valence-corrected chi connectivity index (χ3v) is 6.81. The molecule has 2 aromatic rings. The molecule has 2 fully saturated rings. The van der Waals surface area contributed by atoms with Crippen molar-refractivity contribution >= 4 is 51.1 Å². The van der Waals surface area contributed by atoms with Crippen molar-refractivity contribution in [2.24, 2.45) is 0 Å². The zero-order valence-corrected chi connectivity index (χ0v) is 18.4. The van der Waals surface area contributed by atoms with Gasteiger partial charge in [-0.15, -0.1) is 11.3 Å². The van der Waals surface area contributed by atoms with Crippen LogP contribution in [0.15, 0.2) is 11.2 Å². The van der Waals surface area contributed by atoms with Crippen LogP contribution >= 0.6 is 23.1 Å². The average molecular weight is 436 g/mol. The molecule has 0 saturated carbocycles. The van der Waals surface area contributed by atoms with E-state index >= 15 is 0 Å². The summed E-state index contributed by atoms with van der Waals surface area (Å²) in [5, 5.41) is 1.70. The predicted molar refractivity (Wildman–Crippen MR) is 115 cm³/mol. The monoisotopic (exact) mass is 435 g/mol. The predicted octanol–water partition coefficient (Wildman–Crippen LogP) is 2.93. The number of anilines is 1. The highest BCUT2D eigenvalue weighted by atomic mass is 32.2. The fourth-order valence-electron chi connectivity index (χ4n) is 3.72. The van der Waals surface area contributed by atoms with Crippen molar-refractivity contribution in [2.45, 2.75) is 24.9 Å². The largest absolute Gasteiger partial charge is 0.450 e. The lowest BCUT2D eigenvalue weighted by atomic mass is 10.2. The molecule has 0 unspecified atom stereocenters. The molecule has 0 N–H and O–H groups in total.